The number of hydrogen-bond donors (Lipinski definition) is 0. The van der Waals surface area contributed by atoms with E-state index in [0.717, 1.165) is 19.3 Å². The molecule has 1 unspecified atom stereocenters. The van der Waals surface area contributed by atoms with Crippen molar-refractivity contribution in [1.29, 1.82) is 0 Å². The van der Waals surface area contributed by atoms with Gasteiger partial charge in [-0.1, -0.05) is 28.7 Å². The lowest BCUT2D eigenvalue weighted by molar-refractivity contribution is -0.139. The molecule has 0 aliphatic carbocycles. The van der Waals surface area contributed by atoms with E-state index in [4.69, 9.17) is 0 Å². The van der Waals surface area contributed by atoms with E-state index in [9.17, 15) is 4.79 Å². The summed E-state index contributed by atoms with van der Waals surface area (Å²) < 4.78 is 4.57. The van der Waals surface area contributed by atoms with Crippen molar-refractivity contribution < 1.29 is 9.53 Å². The first-order valence-electron chi connectivity index (χ1n) is 3.55. The molecule has 0 rings (SSSR count). The normalized spacial score (nSPS) is 12.2. The van der Waals surface area contributed by atoms with Crippen molar-refractivity contribution in [1.82, 2.24) is 0 Å². The third-order valence-corrected chi connectivity index (χ3v) is 2.45. The summed E-state index contributed by atoms with van der Waals surface area (Å²) in [6, 6.07) is 0. The van der Waals surface area contributed by atoms with Gasteiger partial charge in [-0.05, 0) is 19.3 Å². The van der Waals surface area contributed by atoms with Gasteiger partial charge in [-0.15, -0.1) is 6.58 Å². The number of methoxy groups -OCH3 is 1. The van der Waals surface area contributed by atoms with E-state index >= 15 is 0 Å². The van der Waals surface area contributed by atoms with Crippen LogP contribution in [0.4, 0.5) is 0 Å². The van der Waals surface area contributed by atoms with Gasteiger partial charge in [-0.3, -0.25) is 4.79 Å². The maximum Gasteiger partial charge on any atom is 0.318 e. The molecule has 11 heavy (non-hydrogen) atoms. The predicted molar refractivity (Wildman–Crippen MR) is 53.9 cm³/mol. The molecule has 0 aromatic rings. The van der Waals surface area contributed by atoms with Crippen LogP contribution in [0.2, 0.25) is 0 Å². The van der Waals surface area contributed by atoms with Crippen molar-refractivity contribution in [2.24, 2.45) is 0 Å². The van der Waals surface area contributed by atoms with Crippen molar-refractivity contribution in [3.8, 4) is 0 Å². The summed E-state index contributed by atoms with van der Waals surface area (Å²) in [6.07, 6.45) is 4.71. The van der Waals surface area contributed by atoms with Crippen LogP contribution in [0.3, 0.4) is 0 Å². The first kappa shape index (κ1) is 10.9. The van der Waals surface area contributed by atoms with Crippen LogP contribution in [0, 0.1) is 0 Å². The molecular formula is C8H13IO2. The summed E-state index contributed by atoms with van der Waals surface area (Å²) in [5.74, 6) is -0.130. The molecule has 0 aliphatic heterocycles. The highest BCUT2D eigenvalue weighted by Crippen LogP contribution is 2.11. The van der Waals surface area contributed by atoms with Gasteiger partial charge < -0.3 is 4.74 Å². The Morgan fingerprint density at radius 3 is 2.91 bits per heavy atom. The van der Waals surface area contributed by atoms with Crippen LogP contribution in [-0.4, -0.2) is 17.0 Å². The van der Waals surface area contributed by atoms with E-state index in [2.05, 4.69) is 33.9 Å². The average Bonchev–Trinajstić information content (AvgIpc) is 2.03. The van der Waals surface area contributed by atoms with Crippen LogP contribution in [0.5, 0.6) is 0 Å². The van der Waals surface area contributed by atoms with Crippen LogP contribution in [-0.2, 0) is 9.53 Å². The lowest BCUT2D eigenvalue weighted by atomic mass is 10.2. The highest BCUT2D eigenvalue weighted by atomic mass is 127. The van der Waals surface area contributed by atoms with Crippen molar-refractivity contribution in [2.45, 2.75) is 23.2 Å². The van der Waals surface area contributed by atoms with Gasteiger partial charge in [0.05, 0.1) is 7.11 Å². The minimum Gasteiger partial charge on any atom is -0.468 e. The number of carbonyl (C=O) groups excluding carboxylic acids is 1. The Balaban J connectivity index is 3.43. The van der Waals surface area contributed by atoms with Crippen LogP contribution < -0.4 is 0 Å². The summed E-state index contributed by atoms with van der Waals surface area (Å²) >= 11 is 2.10. The molecule has 0 fully saturated rings. The molecule has 0 aromatic carbocycles. The number of halogens is 1. The van der Waals surface area contributed by atoms with Gasteiger partial charge in [0.15, 0.2) is 0 Å². The second-order valence-corrected chi connectivity index (χ2v) is 3.71. The second kappa shape index (κ2) is 6.64. The Kier molecular flexibility index (Phi) is 6.60. The number of rotatable bonds is 5. The fourth-order valence-electron chi connectivity index (χ4n) is 0.687. The fraction of sp³-hybridized carbons (Fsp3) is 0.625. The summed E-state index contributed by atoms with van der Waals surface area (Å²) in [7, 11) is 1.42. The second-order valence-electron chi connectivity index (χ2n) is 2.21. The van der Waals surface area contributed by atoms with Gasteiger partial charge in [0.2, 0.25) is 0 Å². The zero-order valence-electron chi connectivity index (χ0n) is 6.68. The highest BCUT2D eigenvalue weighted by molar-refractivity contribution is 14.1. The van der Waals surface area contributed by atoms with Gasteiger partial charge in [0.25, 0.3) is 0 Å². The van der Waals surface area contributed by atoms with Gasteiger partial charge in [-0.25, -0.2) is 0 Å². The molecule has 0 saturated carbocycles. The van der Waals surface area contributed by atoms with Gasteiger partial charge in [-0.2, -0.15) is 0 Å². The van der Waals surface area contributed by atoms with Crippen molar-refractivity contribution in [3.05, 3.63) is 12.7 Å². The number of unbranched alkanes of at least 4 members (excludes halogenated alkanes) is 1. The monoisotopic (exact) mass is 268 g/mol. The third kappa shape index (κ3) is 5.24. The molecule has 64 valence electrons. The van der Waals surface area contributed by atoms with Crippen molar-refractivity contribution >= 4 is 28.6 Å². The van der Waals surface area contributed by atoms with Gasteiger partial charge >= 0.3 is 5.97 Å². The van der Waals surface area contributed by atoms with E-state index in [1.54, 1.807) is 0 Å². The zero-order valence-corrected chi connectivity index (χ0v) is 8.84. The summed E-state index contributed by atoms with van der Waals surface area (Å²) in [5, 5.41) is 0. The van der Waals surface area contributed by atoms with Crippen LogP contribution >= 0.6 is 22.6 Å². The SMILES string of the molecule is C=CCCCC(I)C(=O)OC. The molecule has 0 aliphatic rings. The molecule has 0 saturated heterocycles. The minimum absolute atomic E-state index is 0.00227. The molecule has 3 heteroatoms. The summed E-state index contributed by atoms with van der Waals surface area (Å²) in [6.45, 7) is 3.60. The Bertz CT molecular complexity index is 134. The van der Waals surface area contributed by atoms with E-state index < -0.39 is 0 Å². The summed E-state index contributed by atoms with van der Waals surface area (Å²) in [4.78, 5) is 10.9. The zero-order chi connectivity index (χ0) is 8.69. The van der Waals surface area contributed by atoms with Crippen LogP contribution in [0.25, 0.3) is 0 Å². The maximum absolute atomic E-state index is 10.9. The van der Waals surface area contributed by atoms with E-state index in [1.165, 1.54) is 7.11 Å². The largest absolute Gasteiger partial charge is 0.468 e. The Morgan fingerprint density at radius 1 is 1.82 bits per heavy atom. The van der Waals surface area contributed by atoms with Crippen LogP contribution in [0.1, 0.15) is 19.3 Å². The molecular weight excluding hydrogens is 255 g/mol. The van der Waals surface area contributed by atoms with E-state index in [-0.39, 0.29) is 9.89 Å². The Labute approximate surface area is 81.1 Å². The van der Waals surface area contributed by atoms with Crippen molar-refractivity contribution in [3.63, 3.8) is 0 Å². The maximum atomic E-state index is 10.9. The predicted octanol–water partition coefficient (Wildman–Crippen LogP) is 2.32. The molecule has 0 heterocycles. The smallest absolute Gasteiger partial charge is 0.318 e. The molecule has 0 amide bonds. The first-order chi connectivity index (χ1) is 5.22. The Morgan fingerprint density at radius 2 is 2.45 bits per heavy atom. The van der Waals surface area contributed by atoms with Gasteiger partial charge in [0.1, 0.15) is 3.92 Å². The lowest BCUT2D eigenvalue weighted by Crippen LogP contribution is -2.14. The van der Waals surface area contributed by atoms with Crippen molar-refractivity contribution in [2.75, 3.05) is 7.11 Å². The van der Waals surface area contributed by atoms with Gasteiger partial charge in [0, 0.05) is 0 Å². The minimum atomic E-state index is -0.130. The number of hydrogen-bond acceptors (Lipinski definition) is 2. The average molecular weight is 268 g/mol. The number of carbonyl (C=O) groups is 1. The Hall–Kier alpha value is -0.0600. The van der Waals surface area contributed by atoms with E-state index in [1.807, 2.05) is 6.08 Å². The molecule has 0 radical (unpaired) electrons. The molecule has 2 nitrogen and oxygen atoms in total. The number of allylic oxidation sites excluding steroid dienone is 1. The number of alkyl halides is 1. The standard InChI is InChI=1S/C8H13IO2/c1-3-4-5-6-7(9)8(10)11-2/h3,7H,1,4-6H2,2H3. The highest BCUT2D eigenvalue weighted by Gasteiger charge is 2.13. The van der Waals surface area contributed by atoms with E-state index in [0.29, 0.717) is 0 Å². The molecule has 0 aromatic heterocycles. The summed E-state index contributed by atoms with van der Waals surface area (Å²) in [5.41, 5.74) is 0. The molecule has 1 atom stereocenters. The number of esters is 1. The topological polar surface area (TPSA) is 26.3 Å². The lowest BCUT2D eigenvalue weighted by Gasteiger charge is -2.05. The third-order valence-electron chi connectivity index (χ3n) is 1.32. The molecule has 0 N–H and O–H groups in total. The first-order valence-corrected chi connectivity index (χ1v) is 4.79. The quantitative estimate of drug-likeness (QED) is 0.251. The number of ether oxygens (including phenoxy) is 1. The molecule has 0 bridgehead atoms. The van der Waals surface area contributed by atoms with Crippen LogP contribution in [0.15, 0.2) is 12.7 Å². The fourth-order valence-corrected chi connectivity index (χ4v) is 1.38. The molecule has 0 spiro atoms.